The Labute approximate surface area is 180 Å². The molecule has 1 aromatic carbocycles. The van der Waals surface area contributed by atoms with Gasteiger partial charge in [0.25, 0.3) is 11.8 Å². The Morgan fingerprint density at radius 2 is 1.83 bits per heavy atom. The average Bonchev–Trinajstić information content (AvgIpc) is 3.31. The normalized spacial score (nSPS) is 12.0. The first-order valence-corrected chi connectivity index (χ1v) is 10.7. The van der Waals surface area contributed by atoms with Crippen LogP contribution in [0.4, 0.5) is 0 Å². The third-order valence-electron chi connectivity index (χ3n) is 4.35. The number of para-hydroxylation sites is 1. The minimum absolute atomic E-state index is 0.237. The van der Waals surface area contributed by atoms with Crippen LogP contribution >= 0.6 is 27.3 Å². The van der Waals surface area contributed by atoms with E-state index in [1.165, 1.54) is 11.3 Å². The highest BCUT2D eigenvalue weighted by molar-refractivity contribution is 9.11. The molecule has 0 saturated carbocycles. The molecule has 1 unspecified atom stereocenters. The van der Waals surface area contributed by atoms with E-state index in [2.05, 4.69) is 37.1 Å². The smallest absolute Gasteiger partial charge is 0.279 e. The second kappa shape index (κ2) is 9.23. The largest absolute Gasteiger partial charge is 0.361 e. The van der Waals surface area contributed by atoms with Crippen molar-refractivity contribution in [2.75, 3.05) is 0 Å². The van der Waals surface area contributed by atoms with Crippen molar-refractivity contribution in [1.82, 2.24) is 21.2 Å². The summed E-state index contributed by atoms with van der Waals surface area (Å²) in [6, 6.07) is 10.3. The van der Waals surface area contributed by atoms with E-state index in [0.29, 0.717) is 4.88 Å². The summed E-state index contributed by atoms with van der Waals surface area (Å²) in [6.45, 7) is 3.51. The van der Waals surface area contributed by atoms with Crippen LogP contribution < -0.4 is 16.2 Å². The number of halogens is 1. The lowest BCUT2D eigenvalue weighted by atomic mass is 10.0. The number of hydrogen-bond acceptors (Lipinski definition) is 4. The van der Waals surface area contributed by atoms with Gasteiger partial charge in [0, 0.05) is 29.4 Å². The van der Waals surface area contributed by atoms with Crippen LogP contribution in [0, 0.1) is 5.92 Å². The first kappa shape index (κ1) is 21.1. The van der Waals surface area contributed by atoms with Gasteiger partial charge in [-0.15, -0.1) is 11.3 Å². The molecule has 3 rings (SSSR count). The van der Waals surface area contributed by atoms with E-state index >= 15 is 0 Å². The van der Waals surface area contributed by atoms with E-state index in [1.807, 2.05) is 30.5 Å². The van der Waals surface area contributed by atoms with E-state index in [1.54, 1.807) is 26.0 Å². The average molecular weight is 477 g/mol. The molecule has 2 aromatic heterocycles. The van der Waals surface area contributed by atoms with Crippen molar-refractivity contribution in [1.29, 1.82) is 0 Å². The second-order valence-corrected chi connectivity index (χ2v) is 9.29. The van der Waals surface area contributed by atoms with Crippen LogP contribution in [0.25, 0.3) is 10.9 Å². The molecule has 29 heavy (non-hydrogen) atoms. The van der Waals surface area contributed by atoms with Crippen LogP contribution in [0.1, 0.15) is 29.1 Å². The lowest BCUT2D eigenvalue weighted by molar-refractivity contribution is -0.130. The van der Waals surface area contributed by atoms with Gasteiger partial charge in [-0.25, -0.2) is 0 Å². The molecular weight excluding hydrogens is 456 g/mol. The summed E-state index contributed by atoms with van der Waals surface area (Å²) < 4.78 is 0.815. The summed E-state index contributed by atoms with van der Waals surface area (Å²) >= 11 is 4.55. The van der Waals surface area contributed by atoms with Gasteiger partial charge in [-0.2, -0.15) is 0 Å². The number of benzene rings is 1. The zero-order chi connectivity index (χ0) is 21.0. The van der Waals surface area contributed by atoms with Crippen molar-refractivity contribution in [3.8, 4) is 0 Å². The third-order valence-corrected chi connectivity index (χ3v) is 5.97. The maximum Gasteiger partial charge on any atom is 0.279 e. The first-order chi connectivity index (χ1) is 13.8. The summed E-state index contributed by atoms with van der Waals surface area (Å²) in [7, 11) is 0. The summed E-state index contributed by atoms with van der Waals surface area (Å²) in [5, 5.41) is 3.75. The van der Waals surface area contributed by atoms with Crippen molar-refractivity contribution in [2.24, 2.45) is 5.92 Å². The van der Waals surface area contributed by atoms with E-state index in [4.69, 9.17) is 0 Å². The molecule has 9 heteroatoms. The fraction of sp³-hybridized carbons (Fsp3) is 0.250. The van der Waals surface area contributed by atoms with Crippen LogP contribution in [0.3, 0.4) is 0 Å². The maximum absolute atomic E-state index is 12.7. The minimum atomic E-state index is -0.834. The predicted molar refractivity (Wildman–Crippen MR) is 116 cm³/mol. The SMILES string of the molecule is CC(C)C(=O)NC(Cc1c[nH]c2ccccc12)C(=O)NNC(=O)c1ccc(Br)s1. The lowest BCUT2D eigenvalue weighted by Gasteiger charge is -2.19. The number of amides is 3. The third kappa shape index (κ3) is 5.24. The number of hydrogen-bond donors (Lipinski definition) is 4. The molecule has 4 N–H and O–H groups in total. The van der Waals surface area contributed by atoms with Crippen molar-refractivity contribution >= 4 is 55.9 Å². The van der Waals surface area contributed by atoms with Crippen molar-refractivity contribution < 1.29 is 14.4 Å². The second-order valence-electron chi connectivity index (χ2n) is 6.83. The number of carbonyl (C=O) groups excluding carboxylic acids is 3. The Kier molecular flexibility index (Phi) is 6.71. The zero-order valence-corrected chi connectivity index (χ0v) is 18.3. The first-order valence-electron chi connectivity index (χ1n) is 9.06. The highest BCUT2D eigenvalue weighted by atomic mass is 79.9. The summed E-state index contributed by atoms with van der Waals surface area (Å²) in [4.78, 5) is 40.8. The fourth-order valence-corrected chi connectivity index (χ4v) is 4.05. The van der Waals surface area contributed by atoms with Gasteiger partial charge in [0.15, 0.2) is 0 Å². The molecule has 0 fully saturated rings. The molecule has 0 bridgehead atoms. The molecule has 0 aliphatic carbocycles. The van der Waals surface area contributed by atoms with Gasteiger partial charge < -0.3 is 10.3 Å². The Bertz CT molecular complexity index is 1040. The lowest BCUT2D eigenvalue weighted by Crippen LogP contribution is -2.53. The van der Waals surface area contributed by atoms with Gasteiger partial charge in [0.1, 0.15) is 6.04 Å². The number of aromatic amines is 1. The molecule has 0 saturated heterocycles. The van der Waals surface area contributed by atoms with Gasteiger partial charge in [-0.3, -0.25) is 25.2 Å². The Hall–Kier alpha value is -2.65. The molecule has 152 valence electrons. The van der Waals surface area contributed by atoms with Crippen LogP contribution in [0.5, 0.6) is 0 Å². The van der Waals surface area contributed by atoms with Gasteiger partial charge in [0.2, 0.25) is 5.91 Å². The van der Waals surface area contributed by atoms with E-state index < -0.39 is 17.9 Å². The molecule has 7 nitrogen and oxygen atoms in total. The Balaban J connectivity index is 1.72. The number of carbonyl (C=O) groups is 3. The van der Waals surface area contributed by atoms with Crippen molar-refractivity contribution in [2.45, 2.75) is 26.3 Å². The number of hydrazine groups is 1. The molecule has 3 amide bonds. The Morgan fingerprint density at radius 1 is 1.07 bits per heavy atom. The van der Waals surface area contributed by atoms with Gasteiger partial charge in [-0.05, 0) is 39.7 Å². The van der Waals surface area contributed by atoms with E-state index in [-0.39, 0.29) is 18.2 Å². The molecule has 1 atom stereocenters. The molecule has 0 aliphatic heterocycles. The van der Waals surface area contributed by atoms with Gasteiger partial charge >= 0.3 is 0 Å². The van der Waals surface area contributed by atoms with Gasteiger partial charge in [0.05, 0.1) is 8.66 Å². The predicted octanol–water partition coefficient (Wildman–Crippen LogP) is 3.14. The molecule has 0 radical (unpaired) electrons. The number of H-pyrrole nitrogens is 1. The summed E-state index contributed by atoms with van der Waals surface area (Å²) in [6.07, 6.45) is 2.11. The van der Waals surface area contributed by atoms with Crippen molar-refractivity contribution in [3.05, 3.63) is 56.8 Å². The minimum Gasteiger partial charge on any atom is -0.361 e. The number of aromatic nitrogens is 1. The van der Waals surface area contributed by atoms with Crippen molar-refractivity contribution in [3.63, 3.8) is 0 Å². The molecule has 0 aliphatic rings. The number of rotatable bonds is 6. The standard InChI is InChI=1S/C20H21BrN4O3S/c1-11(2)18(26)23-15(9-12-10-22-14-6-4-3-5-13(12)14)19(27)24-25-20(28)16-7-8-17(21)29-16/h3-8,10-11,15,22H,9H2,1-2H3,(H,23,26)(H,24,27)(H,25,28). The van der Waals surface area contributed by atoms with Crippen LogP contribution in [0.15, 0.2) is 46.4 Å². The number of fused-ring (bicyclic) bond motifs is 1. The fourth-order valence-electron chi connectivity index (χ4n) is 2.77. The number of nitrogens with one attached hydrogen (secondary N) is 4. The molecule has 3 aromatic rings. The highest BCUT2D eigenvalue weighted by Gasteiger charge is 2.24. The van der Waals surface area contributed by atoms with Crippen LogP contribution in [-0.4, -0.2) is 28.7 Å². The zero-order valence-electron chi connectivity index (χ0n) is 15.9. The summed E-state index contributed by atoms with van der Waals surface area (Å²) in [5.41, 5.74) is 6.68. The number of thiophene rings is 1. The van der Waals surface area contributed by atoms with Crippen LogP contribution in [-0.2, 0) is 16.0 Å². The van der Waals surface area contributed by atoms with E-state index in [0.717, 1.165) is 20.3 Å². The maximum atomic E-state index is 12.7. The molecule has 2 heterocycles. The molecule has 0 spiro atoms. The highest BCUT2D eigenvalue weighted by Crippen LogP contribution is 2.22. The monoisotopic (exact) mass is 476 g/mol. The Morgan fingerprint density at radius 3 is 2.52 bits per heavy atom. The summed E-state index contributed by atoms with van der Waals surface area (Å²) in [5.74, 6) is -1.42. The van der Waals surface area contributed by atoms with Gasteiger partial charge in [-0.1, -0.05) is 32.0 Å². The topological polar surface area (TPSA) is 103 Å². The molecular formula is C20H21BrN4O3S. The van der Waals surface area contributed by atoms with E-state index in [9.17, 15) is 14.4 Å². The quantitative estimate of drug-likeness (QED) is 0.410. The van der Waals surface area contributed by atoms with Crippen LogP contribution in [0.2, 0.25) is 0 Å².